The van der Waals surface area contributed by atoms with Crippen LogP contribution in [0.25, 0.3) is 0 Å². The minimum atomic E-state index is -1.04. The predicted molar refractivity (Wildman–Crippen MR) is 75.0 cm³/mol. The molecule has 1 aromatic rings. The zero-order valence-electron chi connectivity index (χ0n) is 11.8. The lowest BCUT2D eigenvalue weighted by atomic mass is 9.66. The van der Waals surface area contributed by atoms with Crippen molar-refractivity contribution in [3.05, 3.63) is 29.8 Å². The van der Waals surface area contributed by atoms with Gasteiger partial charge in [0.05, 0.1) is 6.54 Å². The molecule has 0 aromatic heterocycles. The van der Waals surface area contributed by atoms with E-state index < -0.39 is 11.0 Å². The first-order valence-corrected chi connectivity index (χ1v) is 6.96. The number of para-hydroxylation sites is 1. The summed E-state index contributed by atoms with van der Waals surface area (Å²) in [4.78, 5) is 4.01. The van der Waals surface area contributed by atoms with Crippen molar-refractivity contribution in [1.82, 2.24) is 9.80 Å². The first kappa shape index (κ1) is 12.2. The second-order valence-electron chi connectivity index (χ2n) is 6.34. The predicted octanol–water partition coefficient (Wildman–Crippen LogP) is 0.490. The molecule has 0 saturated carbocycles. The number of likely N-dealkylation sites (N-methyl/N-ethyl adjacent to an activating group) is 2. The molecule has 5 heteroatoms. The van der Waals surface area contributed by atoms with Gasteiger partial charge in [-0.2, -0.15) is 0 Å². The standard InChI is InChI=1S/C15H19N3O2/c1-17-7-12-14(8-17)13(16)18(2)9-15(14,19)10-5-3-4-6-11(10)20-12/h3-6,12,16,19H,7-9H2,1-2H3/t12-,14+,15-/m1/s1. The Morgan fingerprint density at radius 1 is 1.30 bits per heavy atom. The Balaban J connectivity index is 1.99. The quantitative estimate of drug-likeness (QED) is 0.722. The topological polar surface area (TPSA) is 59.8 Å². The largest absolute Gasteiger partial charge is 0.487 e. The van der Waals surface area contributed by atoms with Crippen LogP contribution in [-0.2, 0) is 5.60 Å². The highest BCUT2D eigenvalue weighted by molar-refractivity contribution is 5.91. The molecule has 0 aliphatic carbocycles. The van der Waals surface area contributed by atoms with Crippen LogP contribution in [0.1, 0.15) is 5.56 Å². The van der Waals surface area contributed by atoms with E-state index in [0.29, 0.717) is 18.9 Å². The highest BCUT2D eigenvalue weighted by atomic mass is 16.5. The van der Waals surface area contributed by atoms with Gasteiger partial charge in [0.25, 0.3) is 0 Å². The first-order chi connectivity index (χ1) is 9.49. The van der Waals surface area contributed by atoms with Crippen LogP contribution in [0.5, 0.6) is 5.75 Å². The molecule has 3 heterocycles. The third-order valence-corrected chi connectivity index (χ3v) is 5.16. The lowest BCUT2D eigenvalue weighted by molar-refractivity contribution is -0.0879. The molecule has 20 heavy (non-hydrogen) atoms. The molecule has 1 spiro atoms. The molecule has 2 saturated heterocycles. The average Bonchev–Trinajstić information content (AvgIpc) is 2.84. The fraction of sp³-hybridized carbons (Fsp3) is 0.533. The van der Waals surface area contributed by atoms with Gasteiger partial charge in [0.2, 0.25) is 0 Å². The summed E-state index contributed by atoms with van der Waals surface area (Å²) in [6.07, 6.45) is -0.162. The van der Waals surface area contributed by atoms with Crippen LogP contribution in [0.2, 0.25) is 0 Å². The van der Waals surface area contributed by atoms with Crippen molar-refractivity contribution in [2.75, 3.05) is 33.7 Å². The van der Waals surface area contributed by atoms with Crippen molar-refractivity contribution >= 4 is 5.84 Å². The third-order valence-electron chi connectivity index (χ3n) is 5.16. The molecule has 4 rings (SSSR count). The Kier molecular flexibility index (Phi) is 2.15. The molecule has 3 aliphatic rings. The Hall–Kier alpha value is -1.59. The van der Waals surface area contributed by atoms with Crippen molar-refractivity contribution in [1.29, 1.82) is 5.41 Å². The van der Waals surface area contributed by atoms with E-state index in [4.69, 9.17) is 10.1 Å². The van der Waals surface area contributed by atoms with Gasteiger partial charge in [-0.25, -0.2) is 0 Å². The normalized spacial score (nSPS) is 39.2. The van der Waals surface area contributed by atoms with Crippen molar-refractivity contribution < 1.29 is 9.84 Å². The molecule has 3 atom stereocenters. The van der Waals surface area contributed by atoms with Gasteiger partial charge in [-0.3, -0.25) is 5.41 Å². The van der Waals surface area contributed by atoms with E-state index >= 15 is 0 Å². The molecule has 2 N–H and O–H groups in total. The summed E-state index contributed by atoms with van der Waals surface area (Å²) in [5, 5.41) is 20.0. The van der Waals surface area contributed by atoms with Gasteiger partial charge in [0.1, 0.15) is 28.7 Å². The molecule has 3 aliphatic heterocycles. The van der Waals surface area contributed by atoms with Gasteiger partial charge in [-0.05, 0) is 13.1 Å². The third kappa shape index (κ3) is 1.14. The van der Waals surface area contributed by atoms with Gasteiger partial charge in [0.15, 0.2) is 0 Å². The second kappa shape index (κ2) is 3.54. The minimum absolute atomic E-state index is 0.162. The summed E-state index contributed by atoms with van der Waals surface area (Å²) in [7, 11) is 3.90. The van der Waals surface area contributed by atoms with Crippen LogP contribution in [0, 0.1) is 10.8 Å². The van der Waals surface area contributed by atoms with Crippen LogP contribution in [-0.4, -0.2) is 60.6 Å². The van der Waals surface area contributed by atoms with E-state index in [0.717, 1.165) is 17.9 Å². The Bertz CT molecular complexity index is 605. The molecular weight excluding hydrogens is 254 g/mol. The summed E-state index contributed by atoms with van der Waals surface area (Å²) in [5.74, 6) is 1.25. The number of aliphatic hydroxyl groups is 1. The number of ether oxygens (including phenoxy) is 1. The van der Waals surface area contributed by atoms with E-state index in [2.05, 4.69) is 4.90 Å². The Morgan fingerprint density at radius 2 is 2.05 bits per heavy atom. The van der Waals surface area contributed by atoms with E-state index in [1.807, 2.05) is 43.3 Å². The van der Waals surface area contributed by atoms with E-state index in [9.17, 15) is 5.11 Å². The van der Waals surface area contributed by atoms with Crippen molar-refractivity contribution in [2.24, 2.45) is 5.41 Å². The van der Waals surface area contributed by atoms with Gasteiger partial charge in [-0.1, -0.05) is 18.2 Å². The molecule has 0 unspecified atom stereocenters. The monoisotopic (exact) mass is 273 g/mol. The second-order valence-corrected chi connectivity index (χ2v) is 6.34. The zero-order chi connectivity index (χ0) is 14.1. The van der Waals surface area contributed by atoms with E-state index in [1.165, 1.54) is 0 Å². The zero-order valence-corrected chi connectivity index (χ0v) is 11.8. The number of nitrogens with zero attached hydrogens (tertiary/aromatic N) is 2. The van der Waals surface area contributed by atoms with Crippen LogP contribution < -0.4 is 4.74 Å². The number of rotatable bonds is 0. The fourth-order valence-corrected chi connectivity index (χ4v) is 4.28. The summed E-state index contributed by atoms with van der Waals surface area (Å²) < 4.78 is 6.15. The van der Waals surface area contributed by atoms with E-state index in [-0.39, 0.29) is 6.10 Å². The molecule has 2 fully saturated rings. The number of nitrogens with one attached hydrogen (secondary N) is 1. The fourth-order valence-electron chi connectivity index (χ4n) is 4.28. The van der Waals surface area contributed by atoms with Crippen molar-refractivity contribution in [3.8, 4) is 5.75 Å². The summed E-state index contributed by atoms with van der Waals surface area (Å²) in [5.41, 5.74) is -0.867. The first-order valence-electron chi connectivity index (χ1n) is 6.96. The van der Waals surface area contributed by atoms with Crippen LogP contribution in [0.4, 0.5) is 0 Å². The number of hydrogen-bond donors (Lipinski definition) is 2. The van der Waals surface area contributed by atoms with Crippen LogP contribution >= 0.6 is 0 Å². The van der Waals surface area contributed by atoms with Crippen LogP contribution in [0.15, 0.2) is 24.3 Å². The number of fused-ring (bicyclic) bond motifs is 2. The lowest BCUT2D eigenvalue weighted by Gasteiger charge is -2.46. The average molecular weight is 273 g/mol. The smallest absolute Gasteiger partial charge is 0.128 e. The SMILES string of the molecule is CN1C[C@H]2Oc3ccccc3[C@]3(O)CN(C)C(=N)[C@]23C1. The van der Waals surface area contributed by atoms with Crippen LogP contribution in [0.3, 0.4) is 0 Å². The number of likely N-dealkylation sites (tertiary alicyclic amines) is 2. The summed E-state index contributed by atoms with van der Waals surface area (Å²) in [6, 6.07) is 7.70. The number of amidine groups is 1. The maximum atomic E-state index is 11.5. The number of β-amino-alcohol motifs (C(OH)–C–C–N with tert-alkyl or cyclic N) is 1. The maximum Gasteiger partial charge on any atom is 0.128 e. The molecule has 106 valence electrons. The minimum Gasteiger partial charge on any atom is -0.487 e. The lowest BCUT2D eigenvalue weighted by Crippen LogP contribution is -2.58. The van der Waals surface area contributed by atoms with Gasteiger partial charge in [-0.15, -0.1) is 0 Å². The molecule has 5 nitrogen and oxygen atoms in total. The highest BCUT2D eigenvalue weighted by Crippen LogP contribution is 2.58. The summed E-state index contributed by atoms with van der Waals surface area (Å²) in [6.45, 7) is 1.86. The van der Waals surface area contributed by atoms with Gasteiger partial charge < -0.3 is 19.6 Å². The molecule has 0 bridgehead atoms. The molecular formula is C15H19N3O2. The molecule has 0 amide bonds. The van der Waals surface area contributed by atoms with Gasteiger partial charge in [0, 0.05) is 25.7 Å². The van der Waals surface area contributed by atoms with Crippen molar-refractivity contribution in [3.63, 3.8) is 0 Å². The van der Waals surface area contributed by atoms with Gasteiger partial charge >= 0.3 is 0 Å². The molecule has 0 radical (unpaired) electrons. The highest BCUT2D eigenvalue weighted by Gasteiger charge is 2.71. The van der Waals surface area contributed by atoms with Crippen molar-refractivity contribution in [2.45, 2.75) is 11.7 Å². The Morgan fingerprint density at radius 3 is 2.85 bits per heavy atom. The number of hydrogen-bond acceptors (Lipinski definition) is 4. The summed E-state index contributed by atoms with van der Waals surface area (Å²) >= 11 is 0. The molecule has 1 aromatic carbocycles. The maximum absolute atomic E-state index is 11.5. The number of benzene rings is 1. The Labute approximate surface area is 118 Å². The van der Waals surface area contributed by atoms with E-state index in [1.54, 1.807) is 0 Å².